The Morgan fingerprint density at radius 2 is 1.55 bits per heavy atom. The fraction of sp³-hybridized carbons (Fsp3) is 0.882. The number of amides is 2. The molecule has 4 rings (SSSR count). The van der Waals surface area contributed by atoms with Gasteiger partial charge in [0.25, 0.3) is 0 Å². The summed E-state index contributed by atoms with van der Waals surface area (Å²) < 4.78 is 0. The zero-order valence-corrected chi connectivity index (χ0v) is 13.3. The van der Waals surface area contributed by atoms with Crippen molar-refractivity contribution < 1.29 is 14.7 Å². The van der Waals surface area contributed by atoms with Crippen molar-refractivity contribution in [2.75, 3.05) is 19.7 Å². The highest BCUT2D eigenvalue weighted by molar-refractivity contribution is 5.84. The van der Waals surface area contributed by atoms with E-state index >= 15 is 0 Å². The van der Waals surface area contributed by atoms with Crippen molar-refractivity contribution in [1.82, 2.24) is 10.6 Å². The van der Waals surface area contributed by atoms with Crippen LogP contribution in [0.4, 0.5) is 0 Å². The molecule has 0 atom stereocenters. The number of nitrogens with one attached hydrogen (secondary N) is 2. The van der Waals surface area contributed by atoms with E-state index in [0.717, 1.165) is 17.8 Å². The van der Waals surface area contributed by atoms with E-state index in [0.29, 0.717) is 19.4 Å². The molecule has 5 heteroatoms. The molecule has 124 valence electrons. The highest BCUT2D eigenvalue weighted by Gasteiger charge is 2.51. The van der Waals surface area contributed by atoms with E-state index < -0.39 is 0 Å². The molecule has 4 aliphatic carbocycles. The number of aliphatic hydroxyl groups is 1. The molecule has 0 aliphatic heterocycles. The Balaban J connectivity index is 1.43. The van der Waals surface area contributed by atoms with E-state index in [4.69, 9.17) is 5.11 Å². The van der Waals surface area contributed by atoms with Crippen molar-refractivity contribution in [3.05, 3.63) is 0 Å². The average molecular weight is 308 g/mol. The molecule has 5 nitrogen and oxygen atoms in total. The fourth-order valence-electron chi connectivity index (χ4n) is 5.46. The lowest BCUT2D eigenvalue weighted by molar-refractivity contribution is -0.131. The van der Waals surface area contributed by atoms with Crippen molar-refractivity contribution in [3.63, 3.8) is 0 Å². The molecule has 4 aliphatic rings. The van der Waals surface area contributed by atoms with Crippen LogP contribution in [0.15, 0.2) is 0 Å². The van der Waals surface area contributed by atoms with Crippen LogP contribution in [-0.2, 0) is 9.59 Å². The minimum Gasteiger partial charge on any atom is -0.396 e. The number of hydrogen-bond acceptors (Lipinski definition) is 3. The Hall–Kier alpha value is -1.10. The topological polar surface area (TPSA) is 78.4 Å². The second-order valence-electron chi connectivity index (χ2n) is 7.80. The highest BCUT2D eigenvalue weighted by Crippen LogP contribution is 2.61. The lowest BCUT2D eigenvalue weighted by Gasteiger charge is -2.56. The van der Waals surface area contributed by atoms with Crippen LogP contribution in [0.2, 0.25) is 0 Å². The summed E-state index contributed by atoms with van der Waals surface area (Å²) >= 11 is 0. The molecule has 0 radical (unpaired) electrons. The third-order valence-corrected chi connectivity index (χ3v) is 5.80. The Labute approximate surface area is 132 Å². The summed E-state index contributed by atoms with van der Waals surface area (Å²) in [7, 11) is 0. The van der Waals surface area contributed by atoms with Gasteiger partial charge in [-0.2, -0.15) is 0 Å². The van der Waals surface area contributed by atoms with Crippen LogP contribution in [0.5, 0.6) is 0 Å². The lowest BCUT2D eigenvalue weighted by Crippen LogP contribution is -2.48. The molecule has 4 fully saturated rings. The molecule has 22 heavy (non-hydrogen) atoms. The van der Waals surface area contributed by atoms with Crippen molar-refractivity contribution >= 4 is 11.8 Å². The number of rotatable bonds is 7. The first-order valence-electron chi connectivity index (χ1n) is 8.73. The summed E-state index contributed by atoms with van der Waals surface area (Å²) in [4.78, 5) is 23.8. The first-order chi connectivity index (χ1) is 10.6. The van der Waals surface area contributed by atoms with Crippen molar-refractivity contribution in [2.24, 2.45) is 23.2 Å². The van der Waals surface area contributed by atoms with Gasteiger partial charge in [0.15, 0.2) is 0 Å². The predicted octanol–water partition coefficient (Wildman–Crippen LogP) is 1.21. The Bertz CT molecular complexity index is 400. The molecule has 0 saturated heterocycles. The summed E-state index contributed by atoms with van der Waals surface area (Å²) in [5.74, 6) is 2.40. The minimum atomic E-state index is -0.174. The zero-order chi connectivity index (χ0) is 15.6. The monoisotopic (exact) mass is 308 g/mol. The minimum absolute atomic E-state index is 0.0271. The molecule has 0 unspecified atom stereocenters. The first kappa shape index (κ1) is 15.8. The van der Waals surface area contributed by atoms with Gasteiger partial charge in [0.05, 0.1) is 6.54 Å². The van der Waals surface area contributed by atoms with Gasteiger partial charge in [-0.3, -0.25) is 9.59 Å². The smallest absolute Gasteiger partial charge is 0.239 e. The molecule has 2 amide bonds. The van der Waals surface area contributed by atoms with Crippen LogP contribution >= 0.6 is 0 Å². The molecule has 0 aromatic carbocycles. The van der Waals surface area contributed by atoms with Gasteiger partial charge in [0, 0.05) is 19.6 Å². The maximum absolute atomic E-state index is 12.2. The molecular weight excluding hydrogens is 280 g/mol. The molecule has 0 aromatic heterocycles. The molecule has 0 heterocycles. The van der Waals surface area contributed by atoms with Crippen LogP contribution in [0.1, 0.15) is 51.4 Å². The first-order valence-corrected chi connectivity index (χ1v) is 8.73. The lowest BCUT2D eigenvalue weighted by atomic mass is 9.49. The largest absolute Gasteiger partial charge is 0.396 e. The third kappa shape index (κ3) is 3.62. The Morgan fingerprint density at radius 1 is 0.955 bits per heavy atom. The van der Waals surface area contributed by atoms with Crippen LogP contribution in [0.3, 0.4) is 0 Å². The molecule has 3 N–H and O–H groups in total. The maximum Gasteiger partial charge on any atom is 0.239 e. The summed E-state index contributed by atoms with van der Waals surface area (Å²) in [5, 5.41) is 14.1. The van der Waals surface area contributed by atoms with Crippen molar-refractivity contribution in [1.29, 1.82) is 0 Å². The summed E-state index contributed by atoms with van der Waals surface area (Å²) in [6, 6.07) is 0. The van der Waals surface area contributed by atoms with E-state index in [9.17, 15) is 9.59 Å². The van der Waals surface area contributed by atoms with Gasteiger partial charge in [0.1, 0.15) is 0 Å². The van der Waals surface area contributed by atoms with E-state index in [-0.39, 0.29) is 30.4 Å². The zero-order valence-electron chi connectivity index (χ0n) is 13.3. The standard InChI is InChI=1S/C17H28N2O3/c20-3-1-2-18-16(22)11-19-15(21)10-17-7-12-4-13(8-17)6-14(5-12)9-17/h12-14,20H,1-11H2,(H,18,22)(H,19,21). The van der Waals surface area contributed by atoms with E-state index in [1.165, 1.54) is 38.5 Å². The number of hydrogen-bond donors (Lipinski definition) is 3. The Kier molecular flexibility index (Phi) is 4.71. The van der Waals surface area contributed by atoms with Gasteiger partial charge in [-0.15, -0.1) is 0 Å². The number of carbonyl (C=O) groups excluding carboxylic acids is 2. The van der Waals surface area contributed by atoms with Gasteiger partial charge in [0.2, 0.25) is 11.8 Å². The molecular formula is C17H28N2O3. The van der Waals surface area contributed by atoms with Crippen molar-refractivity contribution in [2.45, 2.75) is 51.4 Å². The predicted molar refractivity (Wildman–Crippen MR) is 82.9 cm³/mol. The normalized spacial score (nSPS) is 35.4. The summed E-state index contributed by atoms with van der Waals surface area (Å²) in [6.45, 7) is 0.579. The SMILES string of the molecule is O=C(CNC(=O)CC12CC3CC(CC(C3)C1)C2)NCCCO. The third-order valence-electron chi connectivity index (χ3n) is 5.80. The maximum atomic E-state index is 12.2. The second kappa shape index (κ2) is 6.57. The van der Waals surface area contributed by atoms with Crippen LogP contribution in [0, 0.1) is 23.2 Å². The molecule has 0 spiro atoms. The molecule has 4 bridgehead atoms. The van der Waals surface area contributed by atoms with Gasteiger partial charge in [-0.1, -0.05) is 0 Å². The van der Waals surface area contributed by atoms with Crippen LogP contribution in [-0.4, -0.2) is 36.6 Å². The average Bonchev–Trinajstić information content (AvgIpc) is 2.43. The van der Waals surface area contributed by atoms with E-state index in [2.05, 4.69) is 10.6 Å². The van der Waals surface area contributed by atoms with Crippen LogP contribution < -0.4 is 10.6 Å². The molecule has 4 saturated carbocycles. The second-order valence-corrected chi connectivity index (χ2v) is 7.80. The van der Waals surface area contributed by atoms with E-state index in [1.807, 2.05) is 0 Å². The Morgan fingerprint density at radius 3 is 2.09 bits per heavy atom. The quantitative estimate of drug-likeness (QED) is 0.619. The van der Waals surface area contributed by atoms with Crippen molar-refractivity contribution in [3.8, 4) is 0 Å². The van der Waals surface area contributed by atoms with E-state index in [1.54, 1.807) is 0 Å². The number of aliphatic hydroxyl groups excluding tert-OH is 1. The summed E-state index contributed by atoms with van der Waals surface area (Å²) in [6.07, 6.45) is 8.95. The van der Waals surface area contributed by atoms with Gasteiger partial charge >= 0.3 is 0 Å². The fourth-order valence-corrected chi connectivity index (χ4v) is 5.46. The highest BCUT2D eigenvalue weighted by atomic mass is 16.3. The summed E-state index contributed by atoms with van der Waals surface area (Å²) in [5.41, 5.74) is 0.228. The number of carbonyl (C=O) groups is 2. The molecule has 0 aromatic rings. The van der Waals surface area contributed by atoms with Crippen LogP contribution in [0.25, 0.3) is 0 Å². The van der Waals surface area contributed by atoms with Gasteiger partial charge in [-0.05, 0) is 68.1 Å². The van der Waals surface area contributed by atoms with Gasteiger partial charge < -0.3 is 15.7 Å². The van der Waals surface area contributed by atoms with Gasteiger partial charge in [-0.25, -0.2) is 0 Å².